The summed E-state index contributed by atoms with van der Waals surface area (Å²) in [6.45, 7) is 5.77. The maximum absolute atomic E-state index is 14.4. The number of fused-ring (bicyclic) bond motifs is 1. The Labute approximate surface area is 384 Å². The van der Waals surface area contributed by atoms with Gasteiger partial charge in [-0.2, -0.15) is 0 Å². The fourth-order valence-corrected chi connectivity index (χ4v) is 9.81. The third-order valence-corrected chi connectivity index (χ3v) is 13.6. The third kappa shape index (κ3) is 10.7. The molecule has 0 radical (unpaired) electrons. The molecule has 1 unspecified atom stereocenters. The number of amides is 5. The van der Waals surface area contributed by atoms with Crippen LogP contribution in [0.3, 0.4) is 0 Å². The highest BCUT2D eigenvalue weighted by Gasteiger charge is 2.43. The number of primary amides is 1. The molecule has 1 saturated carbocycles. The Morgan fingerprint density at radius 3 is 2.47 bits per heavy atom. The summed E-state index contributed by atoms with van der Waals surface area (Å²) in [5, 5.41) is 6.20. The molecule has 4 aliphatic heterocycles. The van der Waals surface area contributed by atoms with Crippen molar-refractivity contribution in [1.29, 1.82) is 0 Å². The average Bonchev–Trinajstić information content (AvgIpc) is 3.84. The van der Waals surface area contributed by atoms with Crippen molar-refractivity contribution in [2.75, 3.05) is 46.5 Å². The number of imide groups is 1. The maximum Gasteiger partial charge on any atom is 0.411 e. The Bertz CT molecular complexity index is 2440. The van der Waals surface area contributed by atoms with E-state index in [0.29, 0.717) is 48.1 Å². The molecule has 5 atom stereocenters. The predicted octanol–water partition coefficient (Wildman–Crippen LogP) is 4.96. The van der Waals surface area contributed by atoms with Gasteiger partial charge in [0.2, 0.25) is 17.7 Å². The fraction of sp³-hybridized carbons (Fsp3) is 0.520. The first kappa shape index (κ1) is 46.3. The minimum atomic E-state index is -1.58. The second-order valence-electron chi connectivity index (χ2n) is 17.9. The van der Waals surface area contributed by atoms with Crippen molar-refractivity contribution in [3.63, 3.8) is 0 Å². The van der Waals surface area contributed by atoms with Gasteiger partial charge in [-0.3, -0.25) is 29.4 Å². The summed E-state index contributed by atoms with van der Waals surface area (Å²) in [5.41, 5.74) is 8.23. The maximum atomic E-state index is 14.4. The van der Waals surface area contributed by atoms with Crippen LogP contribution in [0.2, 0.25) is 0 Å². The van der Waals surface area contributed by atoms with Gasteiger partial charge in [-0.1, -0.05) is 42.7 Å². The van der Waals surface area contributed by atoms with Crippen LogP contribution in [-0.4, -0.2) is 115 Å². The molecule has 8 rings (SSSR count). The minimum absolute atomic E-state index is 0.0335. The van der Waals surface area contributed by atoms with E-state index in [0.717, 1.165) is 69.3 Å². The molecular formula is C50H57FN6O9. The number of hydrogen-bond donors (Lipinski definition) is 3. The van der Waals surface area contributed by atoms with Gasteiger partial charge in [0.25, 0.3) is 11.8 Å². The Balaban J connectivity index is 0.761. The van der Waals surface area contributed by atoms with Crippen LogP contribution in [0.5, 0.6) is 11.6 Å². The summed E-state index contributed by atoms with van der Waals surface area (Å²) in [5.74, 6) is 12.0. The number of rotatable bonds is 13. The van der Waals surface area contributed by atoms with Crippen molar-refractivity contribution in [3.8, 4) is 35.3 Å². The molecule has 2 aromatic carbocycles. The fourth-order valence-electron chi connectivity index (χ4n) is 9.81. The van der Waals surface area contributed by atoms with Gasteiger partial charge < -0.3 is 34.9 Å². The van der Waals surface area contributed by atoms with Gasteiger partial charge in [-0.25, -0.2) is 14.2 Å². The number of nitrogens with two attached hydrogens (primary N) is 1. The Morgan fingerprint density at radius 2 is 1.76 bits per heavy atom. The lowest BCUT2D eigenvalue weighted by Crippen LogP contribution is -2.52. The number of methoxy groups -OCH3 is 1. The number of likely N-dealkylation sites (tertiary alicyclic amines) is 1. The van der Waals surface area contributed by atoms with Crippen LogP contribution < -0.4 is 25.8 Å². The number of pyridine rings is 1. The molecule has 5 heterocycles. The molecule has 5 fully saturated rings. The standard InChI is InChI=1S/C50H57FN6O9/c1-3-36-40(54-48(61)45(36)51)29-65-49-38-25-42(63-2)39(46(52)59)24-37(38)34(26-53-49)16-13-31-7-9-32(10-8-31)27-56-21-19-35(20-22-56)64-23-5-4-6-30-11-14-33(15-12-30)43-28-57(50(62)66-43)41-17-18-44(58)55-47(41)60/h11-12,14-15,24-26,31-32,35-36,40-41,43,45H,3,5,7-10,17-23,27-29H2,1-2H3,(H2,52,59)(H,54,61)(H,55,58,60)/t31-,32-,36-,40+,41?,43+,45-/m0/s1. The zero-order valence-electron chi connectivity index (χ0n) is 37.4. The number of cyclic esters (lactones) is 1. The lowest BCUT2D eigenvalue weighted by atomic mass is 9.81. The molecule has 5 amide bonds. The number of alkyl halides is 1. The van der Waals surface area contributed by atoms with Crippen LogP contribution >= 0.6 is 0 Å². The third-order valence-electron chi connectivity index (χ3n) is 13.6. The van der Waals surface area contributed by atoms with E-state index in [1.807, 2.05) is 31.2 Å². The first-order chi connectivity index (χ1) is 32.0. The number of piperidine rings is 2. The molecular weight excluding hydrogens is 848 g/mol. The highest BCUT2D eigenvalue weighted by atomic mass is 19.1. The molecule has 4 saturated heterocycles. The molecule has 3 aromatic rings. The molecule has 5 aliphatic rings. The van der Waals surface area contributed by atoms with E-state index in [1.165, 1.54) is 12.0 Å². The Hall–Kier alpha value is -6.23. The second kappa shape index (κ2) is 20.9. The number of benzene rings is 2. The number of hydrogen-bond acceptors (Lipinski definition) is 11. The van der Waals surface area contributed by atoms with E-state index in [-0.39, 0.29) is 54.7 Å². The highest BCUT2D eigenvalue weighted by Crippen LogP contribution is 2.35. The van der Waals surface area contributed by atoms with Crippen molar-refractivity contribution in [2.24, 2.45) is 23.5 Å². The zero-order valence-corrected chi connectivity index (χ0v) is 37.4. The summed E-state index contributed by atoms with van der Waals surface area (Å²) < 4.78 is 37.8. The Morgan fingerprint density at radius 1 is 0.985 bits per heavy atom. The predicted molar refractivity (Wildman–Crippen MR) is 241 cm³/mol. The van der Waals surface area contributed by atoms with Gasteiger partial charge >= 0.3 is 6.09 Å². The van der Waals surface area contributed by atoms with E-state index in [4.69, 9.17) is 24.7 Å². The van der Waals surface area contributed by atoms with E-state index in [1.54, 1.807) is 18.3 Å². The van der Waals surface area contributed by atoms with Crippen LogP contribution in [0.4, 0.5) is 9.18 Å². The normalized spacial score (nSPS) is 25.9. The number of nitrogens with one attached hydrogen (secondary N) is 2. The quantitative estimate of drug-likeness (QED) is 0.119. The number of nitrogens with zero attached hydrogens (tertiary/aromatic N) is 3. The molecule has 348 valence electrons. The van der Waals surface area contributed by atoms with Gasteiger partial charge in [0.05, 0.1) is 43.5 Å². The first-order valence-corrected chi connectivity index (χ1v) is 23.1. The van der Waals surface area contributed by atoms with Crippen molar-refractivity contribution in [3.05, 3.63) is 64.8 Å². The first-order valence-electron chi connectivity index (χ1n) is 23.1. The van der Waals surface area contributed by atoms with Gasteiger partial charge in [-0.05, 0) is 87.1 Å². The second-order valence-corrected chi connectivity index (χ2v) is 17.9. The van der Waals surface area contributed by atoms with Crippen LogP contribution in [0.25, 0.3) is 10.8 Å². The van der Waals surface area contributed by atoms with E-state index < -0.39 is 54.1 Å². The summed E-state index contributed by atoms with van der Waals surface area (Å²) in [7, 11) is 1.45. The summed E-state index contributed by atoms with van der Waals surface area (Å²) in [6, 6.07) is 9.68. The number of carbonyl (C=O) groups is 5. The summed E-state index contributed by atoms with van der Waals surface area (Å²) in [6.07, 6.45) is 6.97. The van der Waals surface area contributed by atoms with Crippen LogP contribution in [-0.2, 0) is 23.9 Å². The van der Waals surface area contributed by atoms with Crippen LogP contribution in [0.15, 0.2) is 42.6 Å². The van der Waals surface area contributed by atoms with Gasteiger partial charge in [0.1, 0.15) is 24.5 Å². The van der Waals surface area contributed by atoms with Crippen LogP contribution in [0.1, 0.15) is 104 Å². The summed E-state index contributed by atoms with van der Waals surface area (Å²) in [4.78, 5) is 69.2. The molecule has 1 aromatic heterocycles. The molecule has 16 heteroatoms. The molecule has 0 bridgehead atoms. The number of halogens is 1. The van der Waals surface area contributed by atoms with Crippen molar-refractivity contribution in [1.82, 2.24) is 25.4 Å². The smallest absolute Gasteiger partial charge is 0.411 e. The van der Waals surface area contributed by atoms with Crippen LogP contribution in [0, 0.1) is 41.4 Å². The number of carbonyl (C=O) groups excluding carboxylic acids is 5. The largest absolute Gasteiger partial charge is 0.496 e. The topological polar surface area (TPSA) is 192 Å². The van der Waals surface area contributed by atoms with Gasteiger partial charge in [-0.15, -0.1) is 0 Å². The van der Waals surface area contributed by atoms with Crippen molar-refractivity contribution in [2.45, 2.75) is 102 Å². The Kier molecular flexibility index (Phi) is 14.7. The number of ether oxygens (including phenoxy) is 4. The van der Waals surface area contributed by atoms with Crippen molar-refractivity contribution >= 4 is 40.5 Å². The van der Waals surface area contributed by atoms with E-state index >= 15 is 0 Å². The molecule has 1 aliphatic carbocycles. The van der Waals surface area contributed by atoms with Gasteiger partial charge in [0, 0.05) is 66.8 Å². The molecule has 4 N–H and O–H groups in total. The molecule has 15 nitrogen and oxygen atoms in total. The van der Waals surface area contributed by atoms with Crippen molar-refractivity contribution < 1.29 is 47.3 Å². The SMILES string of the molecule is CC[C@@H]1[C@H](F)C(=O)N[C@@H]1COc1ncc(C#C[C@H]2CC[C@H](CN3CCC(OCCC#Cc4ccc([C@H]5CN(C6CCC(=O)NC6=O)C(=O)O5)cc4)CC3)CC2)c2cc(C(N)=O)c(OC)cc12. The zero-order chi connectivity index (χ0) is 46.3. The molecule has 66 heavy (non-hydrogen) atoms. The van der Waals surface area contributed by atoms with E-state index in [2.05, 4.69) is 44.2 Å². The molecule has 0 spiro atoms. The highest BCUT2D eigenvalue weighted by molar-refractivity contribution is 6.03. The monoisotopic (exact) mass is 904 g/mol. The number of aromatic nitrogens is 1. The lowest BCUT2D eigenvalue weighted by molar-refractivity contribution is -0.136. The minimum Gasteiger partial charge on any atom is -0.496 e. The van der Waals surface area contributed by atoms with Gasteiger partial charge in [0.15, 0.2) is 6.17 Å². The average molecular weight is 905 g/mol. The lowest BCUT2D eigenvalue weighted by Gasteiger charge is -2.36. The van der Waals surface area contributed by atoms with E-state index in [9.17, 15) is 28.4 Å². The summed E-state index contributed by atoms with van der Waals surface area (Å²) >= 11 is 0.